The van der Waals surface area contributed by atoms with Gasteiger partial charge in [-0.1, -0.05) is 6.07 Å². The molecule has 0 saturated carbocycles. The summed E-state index contributed by atoms with van der Waals surface area (Å²) in [4.78, 5) is 10.7. The highest BCUT2D eigenvalue weighted by Gasteiger charge is 2.19. The van der Waals surface area contributed by atoms with Crippen LogP contribution in [0, 0.1) is 0 Å². The fourth-order valence-electron chi connectivity index (χ4n) is 1.57. The Bertz CT molecular complexity index is 391. The van der Waals surface area contributed by atoms with E-state index < -0.39 is 5.97 Å². The quantitative estimate of drug-likeness (QED) is 0.614. The molecule has 1 saturated heterocycles. The number of halogens is 1. The molecule has 0 bridgehead atoms. The van der Waals surface area contributed by atoms with Gasteiger partial charge in [0.1, 0.15) is 0 Å². The molecule has 0 unspecified atom stereocenters. The molecular formula is C11H14ClNO3. The summed E-state index contributed by atoms with van der Waals surface area (Å²) in [6.07, 6.45) is 1.08. The smallest absolute Gasteiger partial charge is 0.308 e. The first kappa shape index (κ1) is 12.8. The molecule has 2 N–H and O–H groups in total. The maximum atomic E-state index is 10.7. The Balaban J connectivity index is 0.00000128. The Morgan fingerprint density at radius 2 is 2.25 bits per heavy atom. The molecule has 2 rings (SSSR count). The van der Waals surface area contributed by atoms with Crippen molar-refractivity contribution < 1.29 is 14.6 Å². The predicted molar refractivity (Wildman–Crippen MR) is 62.0 cm³/mol. The van der Waals surface area contributed by atoms with Crippen LogP contribution in [0.5, 0.6) is 11.5 Å². The number of carbonyl (C=O) groups is 1. The lowest BCUT2D eigenvalue weighted by Crippen LogP contribution is -2.34. The lowest BCUT2D eigenvalue weighted by molar-refractivity contribution is -0.132. The molecule has 1 aliphatic rings. The van der Waals surface area contributed by atoms with E-state index in [0.717, 1.165) is 18.5 Å². The minimum Gasteiger partial charge on any atom is -0.504 e. The van der Waals surface area contributed by atoms with E-state index in [4.69, 9.17) is 4.74 Å². The molecule has 5 heteroatoms. The SMILES string of the molecule is CC(=O)Oc1ccc([C@H]2CCN2)cc1O.Cl. The van der Waals surface area contributed by atoms with Gasteiger partial charge in [0.2, 0.25) is 0 Å². The van der Waals surface area contributed by atoms with Crippen molar-refractivity contribution in [2.24, 2.45) is 0 Å². The standard InChI is InChI=1S/C11H13NO3.ClH/c1-7(13)15-11-3-2-8(6-10(11)14)9-4-5-12-9;/h2-3,6,9,12,14H,4-5H2,1H3;1H/t9-;/m1./s1. The largest absolute Gasteiger partial charge is 0.504 e. The van der Waals surface area contributed by atoms with Crippen molar-refractivity contribution in [2.45, 2.75) is 19.4 Å². The molecule has 0 amide bonds. The summed E-state index contributed by atoms with van der Waals surface area (Å²) in [5.41, 5.74) is 1.02. The number of aromatic hydroxyl groups is 1. The number of hydrogen-bond acceptors (Lipinski definition) is 4. The van der Waals surface area contributed by atoms with E-state index in [1.807, 2.05) is 6.07 Å². The summed E-state index contributed by atoms with van der Waals surface area (Å²) >= 11 is 0. The van der Waals surface area contributed by atoms with Gasteiger partial charge < -0.3 is 15.2 Å². The van der Waals surface area contributed by atoms with E-state index in [0.29, 0.717) is 6.04 Å². The average Bonchev–Trinajstić information content (AvgIpc) is 2.06. The van der Waals surface area contributed by atoms with Gasteiger partial charge in [-0.25, -0.2) is 0 Å². The highest BCUT2D eigenvalue weighted by molar-refractivity contribution is 5.85. The molecule has 1 aliphatic heterocycles. The summed E-state index contributed by atoms with van der Waals surface area (Å²) in [5, 5.41) is 12.8. The third kappa shape index (κ3) is 2.65. The molecule has 0 spiro atoms. The summed E-state index contributed by atoms with van der Waals surface area (Å²) in [6.45, 7) is 2.32. The number of rotatable bonds is 2. The molecule has 1 fully saturated rings. The van der Waals surface area contributed by atoms with Crippen LogP contribution in [0.4, 0.5) is 0 Å². The van der Waals surface area contributed by atoms with Crippen molar-refractivity contribution in [2.75, 3.05) is 6.54 Å². The van der Waals surface area contributed by atoms with E-state index in [-0.39, 0.29) is 23.9 Å². The second-order valence-corrected chi connectivity index (χ2v) is 3.62. The van der Waals surface area contributed by atoms with Crippen molar-refractivity contribution in [3.8, 4) is 11.5 Å². The number of phenols is 1. The Labute approximate surface area is 100 Å². The Kier molecular flexibility index (Phi) is 4.15. The van der Waals surface area contributed by atoms with Crippen LogP contribution >= 0.6 is 12.4 Å². The number of esters is 1. The van der Waals surface area contributed by atoms with Gasteiger partial charge in [0, 0.05) is 13.0 Å². The number of carbonyl (C=O) groups excluding carboxylic acids is 1. The highest BCUT2D eigenvalue weighted by Crippen LogP contribution is 2.32. The van der Waals surface area contributed by atoms with Gasteiger partial charge in [0.15, 0.2) is 11.5 Å². The Hall–Kier alpha value is -1.26. The van der Waals surface area contributed by atoms with Crippen LogP contribution in [-0.2, 0) is 4.79 Å². The zero-order chi connectivity index (χ0) is 10.8. The van der Waals surface area contributed by atoms with Crippen LogP contribution in [0.25, 0.3) is 0 Å². The predicted octanol–water partition coefficient (Wildman–Crippen LogP) is 1.77. The van der Waals surface area contributed by atoms with Gasteiger partial charge in [0.05, 0.1) is 0 Å². The van der Waals surface area contributed by atoms with E-state index >= 15 is 0 Å². The van der Waals surface area contributed by atoms with Crippen LogP contribution < -0.4 is 10.1 Å². The first-order valence-corrected chi connectivity index (χ1v) is 4.91. The van der Waals surface area contributed by atoms with Crippen molar-refractivity contribution in [1.82, 2.24) is 5.32 Å². The summed E-state index contributed by atoms with van der Waals surface area (Å²) in [5.74, 6) is -0.207. The molecule has 16 heavy (non-hydrogen) atoms. The zero-order valence-electron chi connectivity index (χ0n) is 8.90. The number of benzene rings is 1. The molecular weight excluding hydrogens is 230 g/mol. The number of nitrogens with one attached hydrogen (secondary N) is 1. The minimum atomic E-state index is -0.431. The molecule has 1 heterocycles. The van der Waals surface area contributed by atoms with E-state index in [1.165, 1.54) is 6.92 Å². The van der Waals surface area contributed by atoms with E-state index in [9.17, 15) is 9.90 Å². The van der Waals surface area contributed by atoms with Crippen LogP contribution in [0.15, 0.2) is 18.2 Å². The second kappa shape index (κ2) is 5.18. The number of phenolic OH excluding ortho intramolecular Hbond substituents is 1. The third-order valence-corrected chi connectivity index (χ3v) is 2.46. The fraction of sp³-hybridized carbons (Fsp3) is 0.364. The lowest BCUT2D eigenvalue weighted by atomic mass is 9.98. The normalized spacial score (nSPS) is 18.2. The van der Waals surface area contributed by atoms with Gasteiger partial charge in [-0.3, -0.25) is 4.79 Å². The lowest BCUT2D eigenvalue weighted by Gasteiger charge is -2.28. The van der Waals surface area contributed by atoms with Gasteiger partial charge in [0.25, 0.3) is 0 Å². The van der Waals surface area contributed by atoms with Gasteiger partial charge in [-0.15, -0.1) is 12.4 Å². The maximum Gasteiger partial charge on any atom is 0.308 e. The number of ether oxygens (including phenoxy) is 1. The third-order valence-electron chi connectivity index (χ3n) is 2.46. The van der Waals surface area contributed by atoms with E-state index in [2.05, 4.69) is 5.32 Å². The van der Waals surface area contributed by atoms with Crippen molar-refractivity contribution in [3.05, 3.63) is 23.8 Å². The second-order valence-electron chi connectivity index (χ2n) is 3.62. The molecule has 0 radical (unpaired) electrons. The molecule has 0 aliphatic carbocycles. The van der Waals surface area contributed by atoms with Crippen molar-refractivity contribution in [3.63, 3.8) is 0 Å². The zero-order valence-corrected chi connectivity index (χ0v) is 9.71. The summed E-state index contributed by atoms with van der Waals surface area (Å²) in [6, 6.07) is 5.43. The van der Waals surface area contributed by atoms with Crippen LogP contribution in [0.2, 0.25) is 0 Å². The Morgan fingerprint density at radius 3 is 2.69 bits per heavy atom. The van der Waals surface area contributed by atoms with Crippen LogP contribution in [0.3, 0.4) is 0 Å². The van der Waals surface area contributed by atoms with Crippen molar-refractivity contribution >= 4 is 18.4 Å². The maximum absolute atomic E-state index is 10.7. The van der Waals surface area contributed by atoms with Crippen LogP contribution in [-0.4, -0.2) is 17.6 Å². The summed E-state index contributed by atoms with van der Waals surface area (Å²) < 4.78 is 4.82. The topological polar surface area (TPSA) is 58.6 Å². The molecule has 1 atom stereocenters. The van der Waals surface area contributed by atoms with Crippen LogP contribution in [0.1, 0.15) is 24.9 Å². The van der Waals surface area contributed by atoms with E-state index in [1.54, 1.807) is 12.1 Å². The number of hydrogen-bond donors (Lipinski definition) is 2. The first-order chi connectivity index (χ1) is 7.16. The monoisotopic (exact) mass is 243 g/mol. The minimum absolute atomic E-state index is 0. The molecule has 0 aromatic heterocycles. The van der Waals surface area contributed by atoms with Gasteiger partial charge in [-0.2, -0.15) is 0 Å². The van der Waals surface area contributed by atoms with Crippen molar-refractivity contribution in [1.29, 1.82) is 0 Å². The molecule has 1 aromatic rings. The van der Waals surface area contributed by atoms with Gasteiger partial charge in [-0.05, 0) is 30.7 Å². The summed E-state index contributed by atoms with van der Waals surface area (Å²) in [7, 11) is 0. The average molecular weight is 244 g/mol. The molecule has 4 nitrogen and oxygen atoms in total. The molecule has 1 aromatic carbocycles. The highest BCUT2D eigenvalue weighted by atomic mass is 35.5. The molecule has 88 valence electrons. The fourth-order valence-corrected chi connectivity index (χ4v) is 1.57. The van der Waals surface area contributed by atoms with Gasteiger partial charge >= 0.3 is 5.97 Å². The first-order valence-electron chi connectivity index (χ1n) is 4.91. The Morgan fingerprint density at radius 1 is 1.56 bits per heavy atom.